The van der Waals surface area contributed by atoms with E-state index in [0.717, 1.165) is 35.6 Å². The van der Waals surface area contributed by atoms with Crippen LogP contribution in [0.15, 0.2) is 48.3 Å². The molecule has 0 spiro atoms. The zero-order valence-corrected chi connectivity index (χ0v) is 25.6. The average Bonchev–Trinajstić information content (AvgIpc) is 3.58. The van der Waals surface area contributed by atoms with E-state index in [1.165, 1.54) is 12.1 Å². The highest BCUT2D eigenvalue weighted by atomic mass is 35.5. The monoisotopic (exact) mass is 632 g/mol. The van der Waals surface area contributed by atoms with Crippen molar-refractivity contribution in [3.8, 4) is 23.2 Å². The van der Waals surface area contributed by atoms with Gasteiger partial charge >= 0.3 is 6.01 Å². The molecule has 1 atom stereocenters. The van der Waals surface area contributed by atoms with Crippen molar-refractivity contribution in [3.05, 3.63) is 76.1 Å². The van der Waals surface area contributed by atoms with Crippen molar-refractivity contribution in [1.82, 2.24) is 19.9 Å². The molecule has 6 rings (SSSR count). The Balaban J connectivity index is 1.57. The molecule has 224 valence electrons. The molecule has 0 amide bonds. The minimum Gasteiger partial charge on any atom is -0.457 e. The predicted octanol–water partition coefficient (Wildman–Crippen LogP) is 6.67. The fraction of sp³-hybridized carbons (Fsp3) is 0.226. The van der Waals surface area contributed by atoms with Crippen molar-refractivity contribution >= 4 is 60.6 Å². The molecule has 1 aliphatic rings. The van der Waals surface area contributed by atoms with Crippen molar-refractivity contribution in [1.29, 1.82) is 5.26 Å². The quantitative estimate of drug-likeness (QED) is 0.202. The van der Waals surface area contributed by atoms with E-state index >= 15 is 4.39 Å². The van der Waals surface area contributed by atoms with Gasteiger partial charge in [0.15, 0.2) is 5.82 Å². The Labute approximate surface area is 261 Å². The van der Waals surface area contributed by atoms with Gasteiger partial charge in [-0.05, 0) is 37.1 Å². The fourth-order valence-corrected chi connectivity index (χ4v) is 6.70. The summed E-state index contributed by atoms with van der Waals surface area (Å²) in [5.74, 6) is -0.644. The fourth-order valence-electron chi connectivity index (χ4n) is 5.46. The van der Waals surface area contributed by atoms with Gasteiger partial charge in [0.05, 0.1) is 21.3 Å². The number of anilines is 3. The molecule has 44 heavy (non-hydrogen) atoms. The van der Waals surface area contributed by atoms with E-state index in [9.17, 15) is 9.65 Å². The molecule has 2 aromatic carbocycles. The first-order valence-corrected chi connectivity index (χ1v) is 14.9. The first kappa shape index (κ1) is 29.3. The molecule has 0 saturated heterocycles. The summed E-state index contributed by atoms with van der Waals surface area (Å²) in [6, 6.07) is 9.45. The number of nitrogen functional groups attached to an aromatic ring is 2. The van der Waals surface area contributed by atoms with Crippen LogP contribution < -0.4 is 21.1 Å². The lowest BCUT2D eigenvalue weighted by molar-refractivity contribution is 0.286. The lowest BCUT2D eigenvalue weighted by Crippen LogP contribution is -2.25. The van der Waals surface area contributed by atoms with E-state index in [2.05, 4.69) is 20.9 Å². The molecule has 1 aliphatic heterocycles. The van der Waals surface area contributed by atoms with E-state index in [1.54, 1.807) is 25.4 Å². The van der Waals surface area contributed by atoms with Crippen LogP contribution in [0.5, 0.6) is 6.01 Å². The topological polar surface area (TPSA) is 130 Å². The molecule has 0 radical (unpaired) electrons. The number of fused-ring (bicyclic) bond motifs is 2. The molecule has 3 aromatic heterocycles. The second kappa shape index (κ2) is 11.4. The SMILES string of the molecule is C[C@H](c1cccnc1N)N(C)c1nc(OCC2=CCCN2C)nc2c(F)c(-c3ccc(F)c4sc(N)c(C#N)c34)c(Cl)cc12. The number of benzene rings is 2. The van der Waals surface area contributed by atoms with Crippen molar-refractivity contribution in [2.45, 2.75) is 19.4 Å². The maximum absolute atomic E-state index is 16.8. The van der Waals surface area contributed by atoms with Gasteiger partial charge in [0.1, 0.15) is 40.6 Å². The third-order valence-corrected chi connectivity index (χ3v) is 9.29. The van der Waals surface area contributed by atoms with Gasteiger partial charge in [0, 0.05) is 54.4 Å². The van der Waals surface area contributed by atoms with E-state index in [0.29, 0.717) is 17.0 Å². The molecule has 5 aromatic rings. The Kier molecular flexibility index (Phi) is 7.61. The number of halogens is 3. The molecule has 0 fully saturated rings. The van der Waals surface area contributed by atoms with Crippen LogP contribution in [-0.4, -0.2) is 47.1 Å². The van der Waals surface area contributed by atoms with Gasteiger partial charge in [0.2, 0.25) is 0 Å². The van der Waals surface area contributed by atoms with Gasteiger partial charge < -0.3 is 26.0 Å². The minimum atomic E-state index is -0.776. The molecular formula is C31H27ClF2N8OS. The number of aromatic nitrogens is 3. The van der Waals surface area contributed by atoms with Crippen LogP contribution >= 0.6 is 22.9 Å². The molecule has 4 N–H and O–H groups in total. The summed E-state index contributed by atoms with van der Waals surface area (Å²) in [5, 5.41) is 10.5. The highest BCUT2D eigenvalue weighted by Crippen LogP contribution is 2.46. The lowest BCUT2D eigenvalue weighted by atomic mass is 9.97. The van der Waals surface area contributed by atoms with Gasteiger partial charge in [-0.3, -0.25) is 0 Å². The van der Waals surface area contributed by atoms with Crippen molar-refractivity contribution in [2.75, 3.05) is 43.6 Å². The zero-order valence-electron chi connectivity index (χ0n) is 24.0. The second-order valence-electron chi connectivity index (χ2n) is 10.5. The number of likely N-dealkylation sites (N-methyl/N-ethyl adjacent to an activating group) is 1. The molecule has 13 heteroatoms. The van der Waals surface area contributed by atoms with Crippen LogP contribution in [0.1, 0.15) is 30.5 Å². The summed E-state index contributed by atoms with van der Waals surface area (Å²) in [6.07, 6.45) is 4.57. The molecule has 0 saturated carbocycles. The summed E-state index contributed by atoms with van der Waals surface area (Å²) < 4.78 is 37.8. The standard InChI is InChI=1S/C31H27ClF2N8OS/c1-15(17-7-4-10-38-28(17)36)42(3)30-19-12-21(32)24(18-8-9-22(33)27-23(18)20(13-35)29(37)44-27)25(34)26(19)39-31(40-30)43-14-16-6-5-11-41(16)2/h4,6-10,12,15H,5,11,14,37H2,1-3H3,(H2,36,38)/t15-/m1/s1. The molecule has 9 nitrogen and oxygen atoms in total. The molecule has 0 aliphatic carbocycles. The summed E-state index contributed by atoms with van der Waals surface area (Å²) >= 11 is 7.72. The Hall–Kier alpha value is -4.73. The van der Waals surface area contributed by atoms with Gasteiger partial charge in [-0.1, -0.05) is 29.8 Å². The number of ether oxygens (including phenoxy) is 1. The summed E-state index contributed by atoms with van der Waals surface area (Å²) in [5.41, 5.74) is 14.1. The Morgan fingerprint density at radius 2 is 2.05 bits per heavy atom. The summed E-state index contributed by atoms with van der Waals surface area (Å²) in [7, 11) is 3.76. The Bertz CT molecular complexity index is 2020. The third kappa shape index (κ3) is 4.88. The van der Waals surface area contributed by atoms with Gasteiger partial charge in [0.25, 0.3) is 0 Å². The average molecular weight is 633 g/mol. The highest BCUT2D eigenvalue weighted by Gasteiger charge is 2.27. The van der Waals surface area contributed by atoms with Gasteiger partial charge in [-0.25, -0.2) is 13.8 Å². The smallest absolute Gasteiger partial charge is 0.319 e. The predicted molar refractivity (Wildman–Crippen MR) is 171 cm³/mol. The summed E-state index contributed by atoms with van der Waals surface area (Å²) in [6.45, 7) is 2.98. The third-order valence-electron chi connectivity index (χ3n) is 7.96. The second-order valence-corrected chi connectivity index (χ2v) is 11.9. The number of nitriles is 1. The van der Waals surface area contributed by atoms with Crippen molar-refractivity contribution in [2.24, 2.45) is 0 Å². The number of thiophene rings is 1. The van der Waals surface area contributed by atoms with Crippen molar-refractivity contribution in [3.63, 3.8) is 0 Å². The Morgan fingerprint density at radius 1 is 1.25 bits per heavy atom. The van der Waals surface area contributed by atoms with Gasteiger partial charge in [-0.2, -0.15) is 15.2 Å². The van der Waals surface area contributed by atoms with Crippen LogP contribution in [0.25, 0.3) is 32.1 Å². The molecule has 4 heterocycles. The molecular weight excluding hydrogens is 606 g/mol. The largest absolute Gasteiger partial charge is 0.457 e. The van der Waals surface area contributed by atoms with E-state index in [4.69, 9.17) is 32.8 Å². The zero-order chi connectivity index (χ0) is 31.3. The van der Waals surface area contributed by atoms with E-state index in [-0.39, 0.29) is 61.0 Å². The molecule has 0 bridgehead atoms. The minimum absolute atomic E-state index is 0.0229. The number of hydrogen-bond donors (Lipinski definition) is 2. The van der Waals surface area contributed by atoms with Crippen LogP contribution in [-0.2, 0) is 0 Å². The lowest BCUT2D eigenvalue weighted by Gasteiger charge is -2.28. The number of nitrogens with zero attached hydrogens (tertiary/aromatic N) is 6. The van der Waals surface area contributed by atoms with Crippen LogP contribution in [0.2, 0.25) is 5.02 Å². The van der Waals surface area contributed by atoms with E-state index < -0.39 is 11.6 Å². The Morgan fingerprint density at radius 3 is 2.75 bits per heavy atom. The number of rotatable bonds is 7. The van der Waals surface area contributed by atoms with Crippen LogP contribution in [0.4, 0.5) is 25.4 Å². The number of pyridine rings is 1. The number of nitrogens with two attached hydrogens (primary N) is 2. The maximum Gasteiger partial charge on any atom is 0.319 e. The summed E-state index contributed by atoms with van der Waals surface area (Å²) in [4.78, 5) is 17.3. The normalized spacial score (nSPS) is 13.8. The van der Waals surface area contributed by atoms with E-state index in [1.807, 2.05) is 31.0 Å². The highest BCUT2D eigenvalue weighted by molar-refractivity contribution is 7.23. The number of hydrogen-bond acceptors (Lipinski definition) is 10. The molecule has 0 unspecified atom stereocenters. The van der Waals surface area contributed by atoms with Gasteiger partial charge in [-0.15, -0.1) is 11.3 Å². The first-order valence-electron chi connectivity index (χ1n) is 13.7. The van der Waals surface area contributed by atoms with Crippen LogP contribution in [0, 0.1) is 23.0 Å². The maximum atomic E-state index is 16.8. The van der Waals surface area contributed by atoms with Crippen LogP contribution in [0.3, 0.4) is 0 Å². The first-order chi connectivity index (χ1) is 21.1. The van der Waals surface area contributed by atoms with Crippen molar-refractivity contribution < 1.29 is 13.5 Å².